The Hall–Kier alpha value is -3.44. The van der Waals surface area contributed by atoms with Gasteiger partial charge < -0.3 is 31.1 Å². The van der Waals surface area contributed by atoms with E-state index in [2.05, 4.69) is 32.6 Å². The van der Waals surface area contributed by atoms with E-state index in [1.807, 2.05) is 17.0 Å². The van der Waals surface area contributed by atoms with Gasteiger partial charge in [-0.1, -0.05) is 19.4 Å². The molecule has 36 heavy (non-hydrogen) atoms. The quantitative estimate of drug-likeness (QED) is 0.329. The third kappa shape index (κ3) is 4.56. The van der Waals surface area contributed by atoms with E-state index in [4.69, 9.17) is 10.5 Å². The van der Waals surface area contributed by atoms with Crippen LogP contribution in [0.1, 0.15) is 42.1 Å². The van der Waals surface area contributed by atoms with Crippen molar-refractivity contribution in [1.82, 2.24) is 30.0 Å². The highest BCUT2D eigenvalue weighted by Crippen LogP contribution is 2.35. The van der Waals surface area contributed by atoms with Gasteiger partial charge in [0.05, 0.1) is 19.9 Å². The highest BCUT2D eigenvalue weighted by atomic mass is 16.5. The predicted octanol–water partition coefficient (Wildman–Crippen LogP) is 1.47. The van der Waals surface area contributed by atoms with Crippen molar-refractivity contribution in [1.29, 1.82) is 0 Å². The lowest BCUT2D eigenvalue weighted by Gasteiger charge is -2.56. The number of aromatic nitrogens is 4. The average Bonchev–Trinajstić information content (AvgIpc) is 3.20. The fraction of sp³-hybridized carbons (Fsp3) is 0.520. The first-order valence-electron chi connectivity index (χ1n) is 12.5. The second kappa shape index (κ2) is 9.90. The van der Waals surface area contributed by atoms with Crippen LogP contribution in [0.25, 0.3) is 11.0 Å². The number of carbonyl (C=O) groups is 1. The first kappa shape index (κ1) is 24.3. The molecule has 0 bridgehead atoms. The number of likely N-dealkylation sites (tertiary alicyclic amines) is 1. The fourth-order valence-corrected chi connectivity index (χ4v) is 5.18. The summed E-state index contributed by atoms with van der Waals surface area (Å²) in [5.74, 6) is 1.41. The van der Waals surface area contributed by atoms with Crippen molar-refractivity contribution in [2.75, 3.05) is 50.9 Å². The third-order valence-electron chi connectivity index (χ3n) is 7.16. The molecule has 5 rings (SSSR count). The summed E-state index contributed by atoms with van der Waals surface area (Å²) >= 11 is 0. The molecular weight excluding hydrogens is 460 g/mol. The molecule has 2 fully saturated rings. The molecule has 5 N–H and O–H groups in total. The number of aliphatic hydroxyl groups is 1. The number of rotatable bonds is 10. The maximum Gasteiger partial charge on any atom is 0.254 e. The van der Waals surface area contributed by atoms with Crippen LogP contribution in [0.5, 0.6) is 5.75 Å². The molecule has 2 aliphatic rings. The lowest BCUT2D eigenvalue weighted by molar-refractivity contribution is -0.0248. The molecule has 11 heteroatoms. The number of ether oxygens (including phenoxy) is 1. The van der Waals surface area contributed by atoms with Gasteiger partial charge in [0.25, 0.3) is 5.91 Å². The number of carbonyl (C=O) groups excluding carboxylic acids is 1. The maximum atomic E-state index is 13.0. The zero-order valence-corrected chi connectivity index (χ0v) is 20.8. The topological polar surface area (TPSA) is 143 Å². The van der Waals surface area contributed by atoms with Crippen LogP contribution in [0.3, 0.4) is 0 Å². The molecule has 192 valence electrons. The summed E-state index contributed by atoms with van der Waals surface area (Å²) in [5, 5.41) is 20.7. The van der Waals surface area contributed by atoms with Gasteiger partial charge in [-0.05, 0) is 25.0 Å². The summed E-state index contributed by atoms with van der Waals surface area (Å²) in [4.78, 5) is 23.7. The number of methoxy groups -OCH3 is 1. The van der Waals surface area contributed by atoms with E-state index < -0.39 is 0 Å². The van der Waals surface area contributed by atoms with E-state index >= 15 is 0 Å². The van der Waals surface area contributed by atoms with E-state index in [-0.39, 0.29) is 29.9 Å². The zero-order valence-electron chi connectivity index (χ0n) is 20.8. The van der Waals surface area contributed by atoms with Crippen LogP contribution in [0.2, 0.25) is 0 Å². The first-order chi connectivity index (χ1) is 17.4. The van der Waals surface area contributed by atoms with E-state index in [1.165, 1.54) is 0 Å². The number of aliphatic hydroxyl groups excluding tert-OH is 1. The molecule has 1 atom stereocenters. The minimum atomic E-state index is 0.0307. The highest BCUT2D eigenvalue weighted by molar-refractivity contribution is 5.95. The summed E-state index contributed by atoms with van der Waals surface area (Å²) in [6, 6.07) is 5.62. The van der Waals surface area contributed by atoms with E-state index in [1.54, 1.807) is 24.1 Å². The maximum absolute atomic E-state index is 13.0. The number of nitrogens with zero attached hydrogens (tertiary/aromatic N) is 5. The van der Waals surface area contributed by atoms with Crippen molar-refractivity contribution >= 4 is 28.7 Å². The monoisotopic (exact) mass is 494 g/mol. The van der Waals surface area contributed by atoms with Crippen molar-refractivity contribution in [2.45, 2.75) is 38.8 Å². The van der Waals surface area contributed by atoms with Gasteiger partial charge in [-0.25, -0.2) is 4.98 Å². The van der Waals surface area contributed by atoms with Gasteiger partial charge in [0.2, 0.25) is 5.95 Å². The van der Waals surface area contributed by atoms with Gasteiger partial charge in [-0.15, -0.1) is 0 Å². The molecule has 4 heterocycles. The molecule has 2 saturated heterocycles. The summed E-state index contributed by atoms with van der Waals surface area (Å²) in [7, 11) is 1.61. The number of nitrogens with one attached hydrogen (secondary N) is 2. The summed E-state index contributed by atoms with van der Waals surface area (Å²) in [6.07, 6.45) is 4.13. The normalized spacial score (nSPS) is 17.0. The van der Waals surface area contributed by atoms with Gasteiger partial charge >= 0.3 is 0 Å². The number of fused-ring (bicyclic) bond motifs is 1. The zero-order chi connectivity index (χ0) is 25.3. The number of hydrogen-bond donors (Lipinski definition) is 4. The lowest BCUT2D eigenvalue weighted by Crippen LogP contribution is -2.71. The van der Waals surface area contributed by atoms with Crippen LogP contribution < -0.4 is 21.1 Å². The van der Waals surface area contributed by atoms with Crippen LogP contribution in [0, 0.1) is 5.41 Å². The van der Waals surface area contributed by atoms with Crippen LogP contribution in [-0.4, -0.2) is 81.6 Å². The largest absolute Gasteiger partial charge is 0.496 e. The Labute approximate surface area is 210 Å². The molecule has 0 saturated carbocycles. The number of amides is 1. The number of nitrogens with two attached hydrogens (primary N) is 1. The molecule has 3 aromatic rings. The van der Waals surface area contributed by atoms with Crippen molar-refractivity contribution in [2.24, 2.45) is 5.41 Å². The third-order valence-corrected chi connectivity index (χ3v) is 7.16. The summed E-state index contributed by atoms with van der Waals surface area (Å²) in [6.45, 7) is 6.17. The smallest absolute Gasteiger partial charge is 0.254 e. The number of anilines is 2. The van der Waals surface area contributed by atoms with Gasteiger partial charge in [0, 0.05) is 55.4 Å². The van der Waals surface area contributed by atoms with Crippen molar-refractivity contribution in [3.8, 4) is 5.75 Å². The molecule has 11 nitrogen and oxygen atoms in total. The predicted molar refractivity (Wildman–Crippen MR) is 137 cm³/mol. The van der Waals surface area contributed by atoms with E-state index in [0.29, 0.717) is 35.6 Å². The average molecular weight is 495 g/mol. The van der Waals surface area contributed by atoms with Crippen LogP contribution in [0.15, 0.2) is 24.4 Å². The Balaban J connectivity index is 1.39. The first-order valence-corrected chi connectivity index (χ1v) is 12.5. The molecule has 1 amide bonds. The number of hydrogen-bond acceptors (Lipinski definition) is 9. The molecule has 0 radical (unpaired) electrons. The van der Waals surface area contributed by atoms with Crippen LogP contribution in [0.4, 0.5) is 11.8 Å². The summed E-state index contributed by atoms with van der Waals surface area (Å²) in [5.41, 5.74) is 9.10. The van der Waals surface area contributed by atoms with Gasteiger partial charge in [0.1, 0.15) is 16.8 Å². The van der Waals surface area contributed by atoms with Gasteiger partial charge in [-0.2, -0.15) is 10.1 Å². The van der Waals surface area contributed by atoms with Gasteiger partial charge in [-0.3, -0.25) is 9.48 Å². The Morgan fingerprint density at radius 1 is 1.31 bits per heavy atom. The lowest BCUT2D eigenvalue weighted by atomic mass is 9.74. The minimum absolute atomic E-state index is 0.0307. The van der Waals surface area contributed by atoms with Crippen LogP contribution >= 0.6 is 0 Å². The van der Waals surface area contributed by atoms with E-state index in [9.17, 15) is 9.90 Å². The molecule has 0 unspecified atom stereocenters. The Kier molecular flexibility index (Phi) is 6.67. The SMILES string of the molecule is CCC[C@@H](CCO)Nc1nc(N)nc2cnn(Cc3ccc(C(=O)N4CC5(CNC5)C4)cc3OC)c12. The number of nitrogen functional groups attached to an aromatic ring is 1. The molecule has 2 aliphatic heterocycles. The van der Waals surface area contributed by atoms with Crippen molar-refractivity contribution in [3.63, 3.8) is 0 Å². The number of benzene rings is 1. The Morgan fingerprint density at radius 2 is 2.11 bits per heavy atom. The van der Waals surface area contributed by atoms with Crippen molar-refractivity contribution in [3.05, 3.63) is 35.5 Å². The standard InChI is InChI=1S/C25H34N8O3/c1-3-4-18(7-8-34)29-22-21-19(30-24(26)31-22)10-28-33(21)11-17-6-5-16(9-20(17)36-2)23(35)32-14-25(15-32)12-27-13-25/h5-6,9-10,18,27,34H,3-4,7-8,11-15H2,1-2H3,(H3,26,29,30,31)/t18-/m0/s1. The fourth-order valence-electron chi connectivity index (χ4n) is 5.18. The second-order valence-electron chi connectivity index (χ2n) is 9.90. The highest BCUT2D eigenvalue weighted by Gasteiger charge is 2.49. The van der Waals surface area contributed by atoms with Crippen LogP contribution in [-0.2, 0) is 6.54 Å². The molecule has 0 aliphatic carbocycles. The molecule has 2 aromatic heterocycles. The summed E-state index contributed by atoms with van der Waals surface area (Å²) < 4.78 is 7.47. The molecular formula is C25H34N8O3. The Bertz CT molecular complexity index is 1240. The van der Waals surface area contributed by atoms with Gasteiger partial charge in [0.15, 0.2) is 5.82 Å². The molecule has 1 aromatic carbocycles. The second-order valence-corrected chi connectivity index (χ2v) is 9.90. The van der Waals surface area contributed by atoms with E-state index in [0.717, 1.165) is 50.1 Å². The minimum Gasteiger partial charge on any atom is -0.496 e. The van der Waals surface area contributed by atoms with Crippen molar-refractivity contribution < 1.29 is 14.6 Å². The molecule has 1 spiro atoms. The Morgan fingerprint density at radius 3 is 2.78 bits per heavy atom.